The second kappa shape index (κ2) is 10.4. The van der Waals surface area contributed by atoms with E-state index in [1.165, 1.54) is 0 Å². The number of para-hydroxylation sites is 1. The van der Waals surface area contributed by atoms with Crippen LogP contribution in [0.15, 0.2) is 48.5 Å². The van der Waals surface area contributed by atoms with Gasteiger partial charge in [0.1, 0.15) is 11.6 Å². The van der Waals surface area contributed by atoms with E-state index in [2.05, 4.69) is 15.3 Å². The lowest BCUT2D eigenvalue weighted by molar-refractivity contribution is -0.118. The van der Waals surface area contributed by atoms with E-state index in [1.54, 1.807) is 7.11 Å². The zero-order chi connectivity index (χ0) is 21.3. The van der Waals surface area contributed by atoms with Gasteiger partial charge in [0, 0.05) is 24.9 Å². The summed E-state index contributed by atoms with van der Waals surface area (Å²) in [4.78, 5) is 19.8. The Labute approximate surface area is 175 Å². The van der Waals surface area contributed by atoms with Crippen molar-refractivity contribution in [1.29, 1.82) is 0 Å². The Balaban J connectivity index is 1.70. The Morgan fingerprint density at radius 3 is 2.60 bits per heavy atom. The molecule has 3 rings (SSSR count). The van der Waals surface area contributed by atoms with Gasteiger partial charge < -0.3 is 15.8 Å². The van der Waals surface area contributed by atoms with E-state index in [-0.39, 0.29) is 11.9 Å². The van der Waals surface area contributed by atoms with Crippen molar-refractivity contribution in [3.8, 4) is 5.75 Å². The van der Waals surface area contributed by atoms with Gasteiger partial charge in [0.05, 0.1) is 12.6 Å². The van der Waals surface area contributed by atoms with E-state index < -0.39 is 0 Å². The molecule has 0 radical (unpaired) electrons. The summed E-state index contributed by atoms with van der Waals surface area (Å²) < 4.78 is 5.19. The average Bonchev–Trinajstić information content (AvgIpc) is 2.77. The number of hydroxylamine groups is 1. The average molecular weight is 409 g/mol. The molecule has 4 N–H and O–H groups in total. The molecular formula is C22H27N5O3. The van der Waals surface area contributed by atoms with Crippen LogP contribution >= 0.6 is 0 Å². The van der Waals surface area contributed by atoms with Crippen LogP contribution in [-0.4, -0.2) is 34.7 Å². The van der Waals surface area contributed by atoms with Gasteiger partial charge in [-0.05, 0) is 42.7 Å². The van der Waals surface area contributed by atoms with Crippen molar-refractivity contribution in [3.05, 3.63) is 54.1 Å². The third-order valence-electron chi connectivity index (χ3n) is 4.73. The molecule has 0 unspecified atom stereocenters. The standard InChI is InChI=1S/C22H27N5O3/c1-30-17-12-10-16(11-13-17)15-24-21-18-7-4-5-8-19(18)25-22(26-21)27(29)14-6-2-3-9-20(23)28/h4-5,7-8,10-13,29H,2-3,6,9,14-15H2,1H3,(H2,23,28)(H,24,25,26). The molecule has 1 heterocycles. The van der Waals surface area contributed by atoms with Gasteiger partial charge in [-0.25, -0.2) is 10.0 Å². The highest BCUT2D eigenvalue weighted by Gasteiger charge is 2.12. The number of primary amides is 1. The molecule has 0 atom stereocenters. The van der Waals surface area contributed by atoms with E-state index in [4.69, 9.17) is 10.5 Å². The van der Waals surface area contributed by atoms with Crippen molar-refractivity contribution < 1.29 is 14.7 Å². The van der Waals surface area contributed by atoms with Gasteiger partial charge in [-0.2, -0.15) is 4.98 Å². The summed E-state index contributed by atoms with van der Waals surface area (Å²) in [5.41, 5.74) is 6.97. The number of nitrogens with zero attached hydrogens (tertiary/aromatic N) is 3. The minimum absolute atomic E-state index is 0.237. The van der Waals surface area contributed by atoms with Crippen LogP contribution < -0.4 is 20.9 Å². The summed E-state index contributed by atoms with van der Waals surface area (Å²) in [6.07, 6.45) is 2.55. The zero-order valence-electron chi connectivity index (χ0n) is 17.0. The monoisotopic (exact) mass is 409 g/mol. The molecule has 0 bridgehead atoms. The smallest absolute Gasteiger partial charge is 0.252 e. The van der Waals surface area contributed by atoms with Crippen LogP contribution in [0.2, 0.25) is 0 Å². The molecule has 2 aromatic carbocycles. The number of hydrogen-bond acceptors (Lipinski definition) is 7. The number of fused-ring (bicyclic) bond motifs is 1. The first kappa shape index (κ1) is 21.3. The maximum atomic E-state index is 10.8. The number of methoxy groups -OCH3 is 1. The number of hydrogen-bond donors (Lipinski definition) is 3. The number of nitrogens with two attached hydrogens (primary N) is 1. The lowest BCUT2D eigenvalue weighted by Crippen LogP contribution is -2.22. The molecule has 0 saturated heterocycles. The first-order chi connectivity index (χ1) is 14.6. The van der Waals surface area contributed by atoms with Crippen molar-refractivity contribution in [2.75, 3.05) is 24.0 Å². The van der Waals surface area contributed by atoms with Gasteiger partial charge in [-0.3, -0.25) is 10.0 Å². The Kier molecular flexibility index (Phi) is 7.40. The number of nitrogens with one attached hydrogen (secondary N) is 1. The van der Waals surface area contributed by atoms with Crippen LogP contribution in [0.3, 0.4) is 0 Å². The maximum Gasteiger partial charge on any atom is 0.252 e. The van der Waals surface area contributed by atoms with Gasteiger partial charge in [0.2, 0.25) is 5.91 Å². The molecule has 0 aliphatic heterocycles. The molecule has 3 aromatic rings. The van der Waals surface area contributed by atoms with Crippen molar-refractivity contribution in [2.24, 2.45) is 5.73 Å². The van der Waals surface area contributed by atoms with Gasteiger partial charge in [-0.1, -0.05) is 30.7 Å². The minimum Gasteiger partial charge on any atom is -0.497 e. The lowest BCUT2D eigenvalue weighted by atomic mass is 10.2. The first-order valence-corrected chi connectivity index (χ1v) is 9.95. The fourth-order valence-electron chi connectivity index (χ4n) is 3.08. The Bertz CT molecular complexity index is 978. The number of rotatable bonds is 11. The quantitative estimate of drug-likeness (QED) is 0.328. The highest BCUT2D eigenvalue weighted by Crippen LogP contribution is 2.24. The van der Waals surface area contributed by atoms with Crippen molar-refractivity contribution in [2.45, 2.75) is 32.2 Å². The summed E-state index contributed by atoms with van der Waals surface area (Å²) >= 11 is 0. The third-order valence-corrected chi connectivity index (χ3v) is 4.73. The fraction of sp³-hybridized carbons (Fsp3) is 0.318. The van der Waals surface area contributed by atoms with E-state index >= 15 is 0 Å². The normalized spacial score (nSPS) is 10.7. The molecule has 158 valence electrons. The summed E-state index contributed by atoms with van der Waals surface area (Å²) in [6.45, 7) is 0.942. The van der Waals surface area contributed by atoms with E-state index in [0.29, 0.717) is 38.2 Å². The number of benzene rings is 2. The zero-order valence-corrected chi connectivity index (χ0v) is 17.0. The molecule has 0 fully saturated rings. The Morgan fingerprint density at radius 2 is 1.87 bits per heavy atom. The predicted molar refractivity (Wildman–Crippen MR) is 117 cm³/mol. The summed E-state index contributed by atoms with van der Waals surface area (Å²) in [5, 5.41) is 15.7. The number of anilines is 2. The number of aromatic nitrogens is 2. The van der Waals surface area contributed by atoms with Crippen molar-refractivity contribution in [1.82, 2.24) is 9.97 Å². The number of amides is 1. The molecule has 0 spiro atoms. The summed E-state index contributed by atoms with van der Waals surface area (Å²) in [5.74, 6) is 1.39. The largest absolute Gasteiger partial charge is 0.497 e. The van der Waals surface area contributed by atoms with Gasteiger partial charge in [0.25, 0.3) is 5.95 Å². The number of carbonyl (C=O) groups excluding carboxylic acids is 1. The number of ether oxygens (including phenoxy) is 1. The van der Waals surface area contributed by atoms with E-state index in [1.807, 2.05) is 48.5 Å². The predicted octanol–water partition coefficient (Wildman–Crippen LogP) is 3.49. The van der Waals surface area contributed by atoms with Crippen LogP contribution in [0.4, 0.5) is 11.8 Å². The molecule has 8 heteroatoms. The third kappa shape index (κ3) is 5.81. The Hall–Kier alpha value is -3.39. The first-order valence-electron chi connectivity index (χ1n) is 9.95. The topological polar surface area (TPSA) is 114 Å². The van der Waals surface area contributed by atoms with Gasteiger partial charge >= 0.3 is 0 Å². The molecular weight excluding hydrogens is 382 g/mol. The van der Waals surface area contributed by atoms with Crippen LogP contribution in [0, 0.1) is 0 Å². The molecule has 0 aliphatic rings. The van der Waals surface area contributed by atoms with Crippen molar-refractivity contribution >= 4 is 28.6 Å². The highest BCUT2D eigenvalue weighted by atomic mass is 16.5. The molecule has 1 amide bonds. The Morgan fingerprint density at radius 1 is 1.10 bits per heavy atom. The number of carbonyl (C=O) groups is 1. The van der Waals surface area contributed by atoms with Gasteiger partial charge in [0.15, 0.2) is 0 Å². The van der Waals surface area contributed by atoms with Crippen LogP contribution in [-0.2, 0) is 11.3 Å². The SMILES string of the molecule is COc1ccc(CNc2nc(N(O)CCCCCC(N)=O)nc3ccccc23)cc1. The highest BCUT2D eigenvalue weighted by molar-refractivity contribution is 5.90. The van der Waals surface area contributed by atoms with Crippen LogP contribution in [0.1, 0.15) is 31.2 Å². The second-order valence-electron chi connectivity index (χ2n) is 6.99. The number of unbranched alkanes of at least 4 members (excludes halogenated alkanes) is 2. The summed E-state index contributed by atoms with van der Waals surface area (Å²) in [6, 6.07) is 15.5. The minimum atomic E-state index is -0.304. The molecule has 0 saturated carbocycles. The second-order valence-corrected chi connectivity index (χ2v) is 6.99. The van der Waals surface area contributed by atoms with E-state index in [9.17, 15) is 10.0 Å². The molecule has 30 heavy (non-hydrogen) atoms. The molecule has 0 aliphatic carbocycles. The lowest BCUT2D eigenvalue weighted by Gasteiger charge is -2.17. The molecule has 8 nitrogen and oxygen atoms in total. The maximum absolute atomic E-state index is 10.8. The van der Waals surface area contributed by atoms with Crippen LogP contribution in [0.25, 0.3) is 10.9 Å². The van der Waals surface area contributed by atoms with Crippen LogP contribution in [0.5, 0.6) is 5.75 Å². The molecule has 1 aromatic heterocycles. The van der Waals surface area contributed by atoms with Crippen molar-refractivity contribution in [3.63, 3.8) is 0 Å². The van der Waals surface area contributed by atoms with E-state index in [0.717, 1.165) is 33.7 Å². The van der Waals surface area contributed by atoms with Gasteiger partial charge in [-0.15, -0.1) is 0 Å². The fourth-order valence-corrected chi connectivity index (χ4v) is 3.08. The summed E-state index contributed by atoms with van der Waals surface area (Å²) in [7, 11) is 1.64.